The van der Waals surface area contributed by atoms with Crippen LogP contribution in [-0.2, 0) is 14.8 Å². The smallest absolute Gasteiger partial charge is 0.228 e. The molecule has 2 rings (SSSR count). The second-order valence-corrected chi connectivity index (χ2v) is 8.48. The number of nitrogens with zero attached hydrogens (tertiary/aromatic N) is 1. The second kappa shape index (κ2) is 7.64. The quantitative estimate of drug-likeness (QED) is 0.879. The molecule has 0 aromatic heterocycles. The molecule has 0 bridgehead atoms. The van der Waals surface area contributed by atoms with Gasteiger partial charge in [-0.1, -0.05) is 24.6 Å². The highest BCUT2D eigenvalue weighted by Gasteiger charge is 2.31. The molecule has 1 N–H and O–H groups in total. The maximum absolute atomic E-state index is 12.4. The van der Waals surface area contributed by atoms with Gasteiger partial charge in [0.25, 0.3) is 0 Å². The average Bonchev–Trinajstić information content (AvgIpc) is 2.50. The van der Waals surface area contributed by atoms with Gasteiger partial charge in [0.05, 0.1) is 22.4 Å². The van der Waals surface area contributed by atoms with Crippen molar-refractivity contribution in [3.8, 4) is 0 Å². The van der Waals surface area contributed by atoms with E-state index in [0.29, 0.717) is 36.5 Å². The summed E-state index contributed by atoms with van der Waals surface area (Å²) >= 11 is 6.13. The van der Waals surface area contributed by atoms with E-state index in [4.69, 9.17) is 11.6 Å². The van der Waals surface area contributed by atoms with Crippen LogP contribution in [0, 0.1) is 12.8 Å². The molecule has 5 nitrogen and oxygen atoms in total. The van der Waals surface area contributed by atoms with Gasteiger partial charge < -0.3 is 5.32 Å². The fourth-order valence-electron chi connectivity index (χ4n) is 2.75. The fraction of sp³-hybridized carbons (Fsp3) is 0.562. The highest BCUT2D eigenvalue weighted by Crippen LogP contribution is 2.25. The summed E-state index contributed by atoms with van der Waals surface area (Å²) in [6, 6.07) is 5.43. The third kappa shape index (κ3) is 4.68. The van der Waals surface area contributed by atoms with Crippen LogP contribution in [0.4, 0.5) is 5.69 Å². The number of aryl methyl sites for hydroxylation is 1. The summed E-state index contributed by atoms with van der Waals surface area (Å²) in [5.74, 6) is -0.384. The number of hydrogen-bond acceptors (Lipinski definition) is 3. The number of anilines is 1. The first-order valence-corrected chi connectivity index (χ1v) is 9.87. The van der Waals surface area contributed by atoms with Crippen LogP contribution >= 0.6 is 11.6 Å². The molecule has 1 fully saturated rings. The van der Waals surface area contributed by atoms with Crippen molar-refractivity contribution in [2.24, 2.45) is 5.92 Å². The van der Waals surface area contributed by atoms with Crippen LogP contribution in [0.3, 0.4) is 0 Å². The zero-order valence-electron chi connectivity index (χ0n) is 13.5. The third-order valence-electron chi connectivity index (χ3n) is 3.99. The number of sulfonamides is 1. The van der Waals surface area contributed by atoms with Crippen LogP contribution < -0.4 is 5.32 Å². The lowest BCUT2D eigenvalue weighted by Crippen LogP contribution is -2.44. The summed E-state index contributed by atoms with van der Waals surface area (Å²) in [4.78, 5) is 12.4. The lowest BCUT2D eigenvalue weighted by molar-refractivity contribution is -0.120. The Morgan fingerprint density at radius 2 is 2.17 bits per heavy atom. The van der Waals surface area contributed by atoms with E-state index in [9.17, 15) is 13.2 Å². The van der Waals surface area contributed by atoms with E-state index in [-0.39, 0.29) is 24.1 Å². The molecule has 1 heterocycles. The Morgan fingerprint density at radius 3 is 2.83 bits per heavy atom. The van der Waals surface area contributed by atoms with Crippen LogP contribution in [-0.4, -0.2) is 37.5 Å². The van der Waals surface area contributed by atoms with Crippen molar-refractivity contribution in [2.45, 2.75) is 33.1 Å². The highest BCUT2D eigenvalue weighted by atomic mass is 35.5. The van der Waals surface area contributed by atoms with Crippen molar-refractivity contribution in [1.82, 2.24) is 4.31 Å². The number of carbonyl (C=O) groups is 1. The normalized spacial score (nSPS) is 19.5. The molecule has 0 saturated carbocycles. The van der Waals surface area contributed by atoms with Gasteiger partial charge in [-0.05, 0) is 43.9 Å². The number of amides is 1. The van der Waals surface area contributed by atoms with Gasteiger partial charge in [0.1, 0.15) is 0 Å². The lowest BCUT2D eigenvalue weighted by atomic mass is 9.98. The molecule has 1 aromatic rings. The Hall–Kier alpha value is -1.11. The van der Waals surface area contributed by atoms with E-state index in [1.54, 1.807) is 12.1 Å². The monoisotopic (exact) mass is 358 g/mol. The Bertz CT molecular complexity index is 676. The summed E-state index contributed by atoms with van der Waals surface area (Å²) in [6.07, 6.45) is 1.96. The predicted octanol–water partition coefficient (Wildman–Crippen LogP) is 3.04. The SMILES string of the molecule is CCCS(=O)(=O)N1CCCC(C(=O)Nc2ccc(C)cc2Cl)C1. The molecule has 128 valence electrons. The first-order chi connectivity index (χ1) is 10.8. The van der Waals surface area contributed by atoms with Gasteiger partial charge in [-0.25, -0.2) is 12.7 Å². The summed E-state index contributed by atoms with van der Waals surface area (Å²) in [5, 5.41) is 3.31. The van der Waals surface area contributed by atoms with Crippen LogP contribution in [0.15, 0.2) is 18.2 Å². The van der Waals surface area contributed by atoms with E-state index in [1.807, 2.05) is 19.9 Å². The molecule has 23 heavy (non-hydrogen) atoms. The lowest BCUT2D eigenvalue weighted by Gasteiger charge is -2.31. The minimum absolute atomic E-state index is 0.130. The third-order valence-corrected chi connectivity index (χ3v) is 6.35. The molecule has 0 aliphatic carbocycles. The van der Waals surface area contributed by atoms with Crippen LogP contribution in [0.2, 0.25) is 5.02 Å². The topological polar surface area (TPSA) is 66.5 Å². The maximum atomic E-state index is 12.4. The fourth-order valence-corrected chi connectivity index (χ4v) is 4.62. The molecule has 7 heteroatoms. The van der Waals surface area contributed by atoms with Crippen molar-refractivity contribution >= 4 is 33.2 Å². The minimum atomic E-state index is -3.26. The Balaban J connectivity index is 2.05. The maximum Gasteiger partial charge on any atom is 0.228 e. The molecule has 0 radical (unpaired) electrons. The van der Waals surface area contributed by atoms with Gasteiger partial charge in [0.2, 0.25) is 15.9 Å². The van der Waals surface area contributed by atoms with Gasteiger partial charge in [0.15, 0.2) is 0 Å². The second-order valence-electron chi connectivity index (χ2n) is 5.99. The molecule has 1 amide bonds. The van der Waals surface area contributed by atoms with Crippen LogP contribution in [0.1, 0.15) is 31.7 Å². The van der Waals surface area contributed by atoms with E-state index in [1.165, 1.54) is 4.31 Å². The Labute approximate surface area is 143 Å². The minimum Gasteiger partial charge on any atom is -0.324 e. The molecule has 1 aliphatic heterocycles. The van der Waals surface area contributed by atoms with E-state index in [2.05, 4.69) is 5.32 Å². The zero-order valence-corrected chi connectivity index (χ0v) is 15.1. The van der Waals surface area contributed by atoms with E-state index < -0.39 is 10.0 Å². The number of halogens is 1. The van der Waals surface area contributed by atoms with Gasteiger partial charge in [-0.15, -0.1) is 0 Å². The Morgan fingerprint density at radius 1 is 1.43 bits per heavy atom. The largest absolute Gasteiger partial charge is 0.324 e. The first-order valence-electron chi connectivity index (χ1n) is 7.88. The van der Waals surface area contributed by atoms with Gasteiger partial charge in [0, 0.05) is 13.1 Å². The summed E-state index contributed by atoms with van der Waals surface area (Å²) in [6.45, 7) is 4.51. The van der Waals surface area contributed by atoms with Crippen molar-refractivity contribution in [3.63, 3.8) is 0 Å². The predicted molar refractivity (Wildman–Crippen MR) is 93.2 cm³/mol. The summed E-state index contributed by atoms with van der Waals surface area (Å²) in [5.41, 5.74) is 1.58. The average molecular weight is 359 g/mol. The molecule has 1 aliphatic rings. The molecule has 1 saturated heterocycles. The molecular weight excluding hydrogens is 336 g/mol. The van der Waals surface area contributed by atoms with Crippen LogP contribution in [0.25, 0.3) is 0 Å². The van der Waals surface area contributed by atoms with Crippen molar-refractivity contribution in [1.29, 1.82) is 0 Å². The van der Waals surface area contributed by atoms with Crippen molar-refractivity contribution in [2.75, 3.05) is 24.2 Å². The van der Waals surface area contributed by atoms with Gasteiger partial charge in [-0.3, -0.25) is 4.79 Å². The zero-order chi connectivity index (χ0) is 17.0. The number of rotatable bonds is 5. The molecular formula is C16H23ClN2O3S. The standard InChI is InChI=1S/C16H23ClN2O3S/c1-3-9-23(21,22)19-8-4-5-13(11-19)16(20)18-15-7-6-12(2)10-14(15)17/h6-7,10,13H,3-5,8-9,11H2,1-2H3,(H,18,20). The summed E-state index contributed by atoms with van der Waals surface area (Å²) < 4.78 is 25.8. The number of carbonyl (C=O) groups excluding carboxylic acids is 1. The Kier molecular flexibility index (Phi) is 6.06. The molecule has 1 atom stereocenters. The highest BCUT2D eigenvalue weighted by molar-refractivity contribution is 7.89. The van der Waals surface area contributed by atoms with E-state index in [0.717, 1.165) is 5.56 Å². The van der Waals surface area contributed by atoms with Crippen LogP contribution in [0.5, 0.6) is 0 Å². The first kappa shape index (κ1) is 18.2. The summed E-state index contributed by atoms with van der Waals surface area (Å²) in [7, 11) is -3.26. The number of hydrogen-bond donors (Lipinski definition) is 1. The van der Waals surface area contributed by atoms with Gasteiger partial charge in [-0.2, -0.15) is 0 Å². The number of piperidine rings is 1. The van der Waals surface area contributed by atoms with Gasteiger partial charge >= 0.3 is 0 Å². The molecule has 1 aromatic carbocycles. The molecule has 1 unspecified atom stereocenters. The van der Waals surface area contributed by atoms with Crippen molar-refractivity contribution < 1.29 is 13.2 Å². The molecule has 0 spiro atoms. The number of nitrogens with one attached hydrogen (secondary N) is 1. The van der Waals surface area contributed by atoms with Crippen molar-refractivity contribution in [3.05, 3.63) is 28.8 Å². The van der Waals surface area contributed by atoms with E-state index >= 15 is 0 Å². The number of benzene rings is 1.